The van der Waals surface area contributed by atoms with Crippen LogP contribution >= 0.6 is 11.3 Å². The van der Waals surface area contributed by atoms with E-state index in [9.17, 15) is 9.59 Å². The molecule has 0 aromatic carbocycles. The normalized spacial score (nSPS) is 12.0. The van der Waals surface area contributed by atoms with E-state index in [4.69, 9.17) is 9.47 Å². The second-order valence-corrected chi connectivity index (χ2v) is 8.42. The molecule has 0 spiro atoms. The van der Waals surface area contributed by atoms with Crippen LogP contribution in [0.5, 0.6) is 0 Å². The van der Waals surface area contributed by atoms with Crippen LogP contribution in [0.3, 0.4) is 0 Å². The lowest BCUT2D eigenvalue weighted by Gasteiger charge is -2.15. The highest BCUT2D eigenvalue weighted by molar-refractivity contribution is 7.11. The highest BCUT2D eigenvalue weighted by atomic mass is 32.1. The molecule has 31 heavy (non-hydrogen) atoms. The first-order valence-electron chi connectivity index (χ1n) is 11.1. The molecule has 0 aliphatic carbocycles. The van der Waals surface area contributed by atoms with Crippen molar-refractivity contribution < 1.29 is 19.1 Å². The van der Waals surface area contributed by atoms with Crippen LogP contribution in [0.25, 0.3) is 11.4 Å². The summed E-state index contributed by atoms with van der Waals surface area (Å²) >= 11 is 1.24. The van der Waals surface area contributed by atoms with Gasteiger partial charge in [0.05, 0.1) is 30.2 Å². The Morgan fingerprint density at radius 3 is 2.71 bits per heavy atom. The second-order valence-electron chi connectivity index (χ2n) is 7.56. The van der Waals surface area contributed by atoms with Crippen molar-refractivity contribution in [3.05, 3.63) is 27.7 Å². The summed E-state index contributed by atoms with van der Waals surface area (Å²) in [7, 11) is 1.65. The molecule has 1 amide bonds. The van der Waals surface area contributed by atoms with Crippen LogP contribution in [0.15, 0.2) is 11.4 Å². The van der Waals surface area contributed by atoms with Crippen molar-refractivity contribution in [2.24, 2.45) is 5.92 Å². The number of aromatic nitrogens is 2. The molecule has 0 fully saturated rings. The lowest BCUT2D eigenvalue weighted by atomic mass is 9.99. The number of thiazole rings is 1. The molecule has 1 unspecified atom stereocenters. The summed E-state index contributed by atoms with van der Waals surface area (Å²) in [5.74, 6) is -0.0169. The van der Waals surface area contributed by atoms with Gasteiger partial charge >= 0.3 is 5.97 Å². The highest BCUT2D eigenvalue weighted by Gasteiger charge is 2.22. The maximum atomic E-state index is 13.0. The molecular weight excluding hydrogens is 414 g/mol. The molecule has 0 radical (unpaired) electrons. The van der Waals surface area contributed by atoms with Gasteiger partial charge < -0.3 is 19.4 Å². The van der Waals surface area contributed by atoms with Crippen LogP contribution in [-0.4, -0.2) is 48.3 Å². The van der Waals surface area contributed by atoms with Crippen LogP contribution in [0.1, 0.15) is 72.3 Å². The maximum absolute atomic E-state index is 13.0. The number of hydrogen-bond acceptors (Lipinski definition) is 6. The molecule has 0 bridgehead atoms. The van der Waals surface area contributed by atoms with Crippen molar-refractivity contribution in [1.82, 2.24) is 14.9 Å². The van der Waals surface area contributed by atoms with Crippen molar-refractivity contribution >= 4 is 23.2 Å². The highest BCUT2D eigenvalue weighted by Crippen LogP contribution is 2.28. The molecule has 172 valence electrons. The number of amides is 1. The minimum atomic E-state index is -0.430. The maximum Gasteiger partial charge on any atom is 0.367 e. The first-order chi connectivity index (χ1) is 15.0. The topological polar surface area (TPSA) is 82.5 Å². The molecule has 0 aliphatic heterocycles. The summed E-state index contributed by atoms with van der Waals surface area (Å²) in [5.41, 5.74) is 2.93. The molecule has 7 nitrogen and oxygen atoms in total. The van der Waals surface area contributed by atoms with E-state index in [-0.39, 0.29) is 5.91 Å². The number of nitrogens with zero attached hydrogens (tertiary/aromatic N) is 2. The lowest BCUT2D eigenvalue weighted by Crippen LogP contribution is -2.29. The van der Waals surface area contributed by atoms with Gasteiger partial charge in [-0.05, 0) is 32.3 Å². The number of unbranched alkanes of at least 4 members (excludes halogenated alkanes) is 1. The number of esters is 1. The largest absolute Gasteiger partial charge is 0.461 e. The molecule has 2 heterocycles. The Hall–Kier alpha value is -2.19. The summed E-state index contributed by atoms with van der Waals surface area (Å²) in [6.45, 7) is 10.1. The van der Waals surface area contributed by atoms with Gasteiger partial charge in [0.1, 0.15) is 0 Å². The average Bonchev–Trinajstić information content (AvgIpc) is 3.37. The number of carbonyl (C=O) groups is 2. The number of hydrogen-bond donors (Lipinski definition) is 1. The zero-order chi connectivity index (χ0) is 22.8. The molecule has 8 heteroatoms. The molecule has 2 rings (SSSR count). The lowest BCUT2D eigenvalue weighted by molar-refractivity contribution is 0.0526. The van der Waals surface area contributed by atoms with Gasteiger partial charge in [-0.25, -0.2) is 9.78 Å². The van der Waals surface area contributed by atoms with E-state index in [2.05, 4.69) is 24.1 Å². The third-order valence-corrected chi connectivity index (χ3v) is 6.26. The van der Waals surface area contributed by atoms with E-state index in [0.29, 0.717) is 48.5 Å². The first kappa shape index (κ1) is 25.1. The first-order valence-corrected chi connectivity index (χ1v) is 11.9. The number of nitrogens with one attached hydrogen (secondary N) is 1. The second kappa shape index (κ2) is 12.6. The van der Waals surface area contributed by atoms with Crippen LogP contribution in [0.2, 0.25) is 0 Å². The third kappa shape index (κ3) is 6.64. The molecule has 2 aromatic heterocycles. The quantitative estimate of drug-likeness (QED) is 0.449. The number of rotatable bonds is 13. The van der Waals surface area contributed by atoms with Gasteiger partial charge in [0.2, 0.25) is 5.01 Å². The summed E-state index contributed by atoms with van der Waals surface area (Å²) in [6.07, 6.45) is 4.52. The molecule has 0 saturated carbocycles. The Kier molecular flexibility index (Phi) is 10.2. The SMILES string of the molecule is CCCCC(CC)CNC(=O)c1cc(-c2csc(C(=O)OCC)n2)n(CCOC)c1C. The van der Waals surface area contributed by atoms with Crippen LogP contribution in [0, 0.1) is 12.8 Å². The molecule has 1 N–H and O–H groups in total. The summed E-state index contributed by atoms with van der Waals surface area (Å²) in [6, 6.07) is 1.86. The van der Waals surface area contributed by atoms with Crippen molar-refractivity contribution in [2.45, 2.75) is 59.9 Å². The third-order valence-electron chi connectivity index (χ3n) is 5.44. The van der Waals surface area contributed by atoms with Crippen LogP contribution in [0.4, 0.5) is 0 Å². The van der Waals surface area contributed by atoms with Gasteiger partial charge in [-0.2, -0.15) is 0 Å². The molecular formula is C23H35N3O4S. The fourth-order valence-electron chi connectivity index (χ4n) is 3.51. The van der Waals surface area contributed by atoms with Gasteiger partial charge in [-0.3, -0.25) is 4.79 Å². The van der Waals surface area contributed by atoms with Gasteiger partial charge in [-0.15, -0.1) is 11.3 Å². The Morgan fingerprint density at radius 2 is 2.06 bits per heavy atom. The standard InChI is InChI=1S/C23H35N3O4S/c1-6-9-10-17(7-2)14-24-21(27)18-13-20(26(16(18)4)11-12-29-5)19-15-31-22(25-19)23(28)30-8-3/h13,15,17H,6-12,14H2,1-5H3,(H,24,27). The van der Waals surface area contributed by atoms with Gasteiger partial charge in [0, 0.05) is 31.3 Å². The molecule has 1 atom stereocenters. The van der Waals surface area contributed by atoms with Crippen molar-refractivity contribution in [2.75, 3.05) is 26.9 Å². The zero-order valence-corrected chi connectivity index (χ0v) is 20.1. The van der Waals surface area contributed by atoms with Crippen molar-refractivity contribution in [3.8, 4) is 11.4 Å². The van der Waals surface area contributed by atoms with Crippen LogP contribution in [-0.2, 0) is 16.0 Å². The minimum absolute atomic E-state index is 0.0780. The van der Waals surface area contributed by atoms with E-state index < -0.39 is 5.97 Å². The Labute approximate surface area is 189 Å². The average molecular weight is 450 g/mol. The fraction of sp³-hybridized carbons (Fsp3) is 0.609. The number of methoxy groups -OCH3 is 1. The summed E-state index contributed by atoms with van der Waals surface area (Å²) in [5, 5.41) is 5.24. The Morgan fingerprint density at radius 1 is 1.29 bits per heavy atom. The van der Waals surface area contributed by atoms with E-state index in [1.54, 1.807) is 14.0 Å². The van der Waals surface area contributed by atoms with Crippen LogP contribution < -0.4 is 5.32 Å². The molecule has 2 aromatic rings. The minimum Gasteiger partial charge on any atom is -0.461 e. The van der Waals surface area contributed by atoms with E-state index in [0.717, 1.165) is 30.7 Å². The van der Waals surface area contributed by atoms with E-state index >= 15 is 0 Å². The molecule has 0 aliphatic rings. The van der Waals surface area contributed by atoms with Gasteiger partial charge in [0.25, 0.3) is 5.91 Å². The summed E-state index contributed by atoms with van der Waals surface area (Å²) in [4.78, 5) is 29.4. The van der Waals surface area contributed by atoms with Gasteiger partial charge in [0.15, 0.2) is 0 Å². The number of carbonyl (C=O) groups excluding carboxylic acids is 2. The smallest absolute Gasteiger partial charge is 0.367 e. The zero-order valence-electron chi connectivity index (χ0n) is 19.3. The summed E-state index contributed by atoms with van der Waals surface area (Å²) < 4.78 is 12.3. The molecule has 0 saturated heterocycles. The monoisotopic (exact) mass is 449 g/mol. The van der Waals surface area contributed by atoms with E-state index in [1.807, 2.05) is 22.9 Å². The predicted molar refractivity (Wildman–Crippen MR) is 124 cm³/mol. The number of ether oxygens (including phenoxy) is 2. The Balaban J connectivity index is 2.26. The Bertz CT molecular complexity index is 859. The van der Waals surface area contributed by atoms with Gasteiger partial charge in [-0.1, -0.05) is 33.1 Å². The fourth-order valence-corrected chi connectivity index (χ4v) is 4.21. The predicted octanol–water partition coefficient (Wildman–Crippen LogP) is 4.69. The van der Waals surface area contributed by atoms with Crippen molar-refractivity contribution in [3.63, 3.8) is 0 Å². The van der Waals surface area contributed by atoms with E-state index in [1.165, 1.54) is 17.8 Å². The van der Waals surface area contributed by atoms with Crippen molar-refractivity contribution in [1.29, 1.82) is 0 Å².